The lowest BCUT2D eigenvalue weighted by Crippen LogP contribution is -2.44. The first kappa shape index (κ1) is 19.4. The highest BCUT2D eigenvalue weighted by atomic mass is 16.5. The van der Waals surface area contributed by atoms with Crippen molar-refractivity contribution < 1.29 is 9.53 Å². The molecule has 1 aliphatic heterocycles. The van der Waals surface area contributed by atoms with Crippen molar-refractivity contribution in [1.82, 2.24) is 10.2 Å². The van der Waals surface area contributed by atoms with Crippen LogP contribution in [0.4, 0.5) is 0 Å². The third-order valence-corrected chi connectivity index (χ3v) is 5.12. The summed E-state index contributed by atoms with van der Waals surface area (Å²) in [6.45, 7) is 7.45. The van der Waals surface area contributed by atoms with Gasteiger partial charge in [-0.1, -0.05) is 48.0 Å². The number of rotatable bonds is 7. The van der Waals surface area contributed by atoms with Crippen LogP contribution in [0.3, 0.4) is 0 Å². The van der Waals surface area contributed by atoms with Crippen LogP contribution in [0.25, 0.3) is 0 Å². The van der Waals surface area contributed by atoms with Crippen molar-refractivity contribution in [2.75, 3.05) is 19.7 Å². The Morgan fingerprint density at radius 1 is 1.11 bits per heavy atom. The molecule has 0 bridgehead atoms. The Hall–Kier alpha value is -2.33. The van der Waals surface area contributed by atoms with Crippen LogP contribution in [0.2, 0.25) is 0 Å². The molecule has 1 saturated heterocycles. The first-order valence-electron chi connectivity index (χ1n) is 9.86. The lowest BCUT2D eigenvalue weighted by molar-refractivity contribution is -0.127. The number of carbonyl (C=O) groups excluding carboxylic acids is 1. The van der Waals surface area contributed by atoms with E-state index in [1.165, 1.54) is 11.1 Å². The van der Waals surface area contributed by atoms with Gasteiger partial charge in [-0.25, -0.2) is 0 Å². The largest absolute Gasteiger partial charge is 0.491 e. The molecule has 0 radical (unpaired) electrons. The zero-order chi connectivity index (χ0) is 19.1. The maximum absolute atomic E-state index is 12.5. The smallest absolute Gasteiger partial charge is 0.223 e. The Morgan fingerprint density at radius 2 is 1.78 bits per heavy atom. The second kappa shape index (κ2) is 9.56. The molecule has 4 nitrogen and oxygen atoms in total. The summed E-state index contributed by atoms with van der Waals surface area (Å²) in [6.07, 6.45) is 1.84. The predicted molar refractivity (Wildman–Crippen MR) is 109 cm³/mol. The highest BCUT2D eigenvalue weighted by Gasteiger charge is 2.25. The molecule has 0 saturated carbocycles. The van der Waals surface area contributed by atoms with E-state index in [2.05, 4.69) is 41.4 Å². The molecule has 1 fully saturated rings. The summed E-state index contributed by atoms with van der Waals surface area (Å²) in [5.74, 6) is 1.11. The SMILES string of the molecule is Cc1ccc(OCC(C)NC(=O)C2CCN(Cc3ccccc3)CC2)cc1. The van der Waals surface area contributed by atoms with Crippen LogP contribution in [0.5, 0.6) is 5.75 Å². The van der Waals surface area contributed by atoms with Gasteiger partial charge in [0.2, 0.25) is 5.91 Å². The molecule has 1 aliphatic rings. The van der Waals surface area contributed by atoms with Gasteiger partial charge < -0.3 is 10.1 Å². The summed E-state index contributed by atoms with van der Waals surface area (Å²) in [4.78, 5) is 15.0. The lowest BCUT2D eigenvalue weighted by atomic mass is 9.95. The fourth-order valence-corrected chi connectivity index (χ4v) is 3.45. The van der Waals surface area contributed by atoms with Crippen molar-refractivity contribution >= 4 is 5.91 Å². The minimum absolute atomic E-state index is 0.00107. The zero-order valence-corrected chi connectivity index (χ0v) is 16.4. The number of amides is 1. The molecule has 1 amide bonds. The molecule has 4 heteroatoms. The van der Waals surface area contributed by atoms with Crippen LogP contribution in [0, 0.1) is 12.8 Å². The van der Waals surface area contributed by atoms with E-state index < -0.39 is 0 Å². The van der Waals surface area contributed by atoms with Crippen LogP contribution >= 0.6 is 0 Å². The third-order valence-electron chi connectivity index (χ3n) is 5.12. The molecule has 1 atom stereocenters. The van der Waals surface area contributed by atoms with E-state index >= 15 is 0 Å². The molecule has 0 aromatic heterocycles. The van der Waals surface area contributed by atoms with Crippen molar-refractivity contribution in [2.45, 2.75) is 39.3 Å². The Morgan fingerprint density at radius 3 is 2.44 bits per heavy atom. The van der Waals surface area contributed by atoms with Crippen LogP contribution < -0.4 is 10.1 Å². The van der Waals surface area contributed by atoms with Crippen LogP contribution in [0.15, 0.2) is 54.6 Å². The lowest BCUT2D eigenvalue weighted by Gasteiger charge is -2.31. The molecule has 1 heterocycles. The number of hydrogen-bond donors (Lipinski definition) is 1. The third kappa shape index (κ3) is 6.10. The average Bonchev–Trinajstić information content (AvgIpc) is 2.69. The van der Waals surface area contributed by atoms with E-state index in [1.54, 1.807) is 0 Å². The highest BCUT2D eigenvalue weighted by molar-refractivity contribution is 5.79. The summed E-state index contributed by atoms with van der Waals surface area (Å²) >= 11 is 0. The summed E-state index contributed by atoms with van der Waals surface area (Å²) in [6, 6.07) is 18.5. The van der Waals surface area contributed by atoms with E-state index in [-0.39, 0.29) is 17.9 Å². The number of likely N-dealkylation sites (tertiary alicyclic amines) is 1. The second-order valence-electron chi connectivity index (χ2n) is 7.57. The molecule has 144 valence electrons. The minimum Gasteiger partial charge on any atom is -0.491 e. The fraction of sp³-hybridized carbons (Fsp3) is 0.435. The first-order valence-corrected chi connectivity index (χ1v) is 9.86. The maximum atomic E-state index is 12.5. The zero-order valence-electron chi connectivity index (χ0n) is 16.4. The van der Waals surface area contributed by atoms with Gasteiger partial charge in [0.1, 0.15) is 12.4 Å². The molecule has 2 aromatic carbocycles. The number of piperidine rings is 1. The Bertz CT molecular complexity index is 707. The molecular formula is C23H30N2O2. The van der Waals surface area contributed by atoms with Crippen LogP contribution in [-0.2, 0) is 11.3 Å². The molecule has 27 heavy (non-hydrogen) atoms. The van der Waals surface area contributed by atoms with Gasteiger partial charge in [0.25, 0.3) is 0 Å². The maximum Gasteiger partial charge on any atom is 0.223 e. The van der Waals surface area contributed by atoms with Crippen molar-refractivity contribution in [2.24, 2.45) is 5.92 Å². The van der Waals surface area contributed by atoms with Gasteiger partial charge in [0.05, 0.1) is 6.04 Å². The van der Waals surface area contributed by atoms with Gasteiger partial charge in [0, 0.05) is 12.5 Å². The molecule has 0 aliphatic carbocycles. The highest BCUT2D eigenvalue weighted by Crippen LogP contribution is 2.19. The fourth-order valence-electron chi connectivity index (χ4n) is 3.45. The summed E-state index contributed by atoms with van der Waals surface area (Å²) in [5.41, 5.74) is 2.55. The Kier molecular flexibility index (Phi) is 6.88. The van der Waals surface area contributed by atoms with E-state index in [0.717, 1.165) is 38.2 Å². The van der Waals surface area contributed by atoms with Crippen molar-refractivity contribution in [1.29, 1.82) is 0 Å². The van der Waals surface area contributed by atoms with Gasteiger partial charge in [-0.05, 0) is 57.5 Å². The molecule has 2 aromatic rings. The van der Waals surface area contributed by atoms with Gasteiger partial charge in [0.15, 0.2) is 0 Å². The number of carbonyl (C=O) groups is 1. The summed E-state index contributed by atoms with van der Waals surface area (Å²) in [5, 5.41) is 3.11. The van der Waals surface area contributed by atoms with Gasteiger partial charge in [-0.15, -0.1) is 0 Å². The van der Waals surface area contributed by atoms with Crippen LogP contribution in [0.1, 0.15) is 30.9 Å². The quantitative estimate of drug-likeness (QED) is 0.811. The number of ether oxygens (including phenoxy) is 1. The predicted octanol–water partition coefficient (Wildman–Crippen LogP) is 3.79. The van der Waals surface area contributed by atoms with Crippen molar-refractivity contribution in [3.05, 3.63) is 65.7 Å². The number of hydrogen-bond acceptors (Lipinski definition) is 3. The molecule has 1 unspecified atom stereocenters. The molecular weight excluding hydrogens is 336 g/mol. The normalized spacial score (nSPS) is 16.7. The van der Waals surface area contributed by atoms with E-state index in [0.29, 0.717) is 6.61 Å². The monoisotopic (exact) mass is 366 g/mol. The van der Waals surface area contributed by atoms with Crippen LogP contribution in [-0.4, -0.2) is 36.5 Å². The van der Waals surface area contributed by atoms with Gasteiger partial charge in [-0.3, -0.25) is 9.69 Å². The van der Waals surface area contributed by atoms with Crippen molar-refractivity contribution in [3.8, 4) is 5.75 Å². The first-order chi connectivity index (χ1) is 13.1. The van der Waals surface area contributed by atoms with Crippen molar-refractivity contribution in [3.63, 3.8) is 0 Å². The Labute approximate surface area is 162 Å². The standard InChI is InChI=1S/C23H30N2O2/c1-18-8-10-22(11-9-18)27-17-19(2)24-23(26)21-12-14-25(15-13-21)16-20-6-4-3-5-7-20/h3-11,19,21H,12-17H2,1-2H3,(H,24,26). The van der Waals surface area contributed by atoms with Gasteiger partial charge >= 0.3 is 0 Å². The topological polar surface area (TPSA) is 41.6 Å². The van der Waals surface area contributed by atoms with E-state index in [4.69, 9.17) is 4.74 Å². The minimum atomic E-state index is 0.00107. The number of nitrogens with zero attached hydrogens (tertiary/aromatic N) is 1. The number of aryl methyl sites for hydroxylation is 1. The molecule has 1 N–H and O–H groups in total. The van der Waals surface area contributed by atoms with E-state index in [9.17, 15) is 4.79 Å². The van der Waals surface area contributed by atoms with Gasteiger partial charge in [-0.2, -0.15) is 0 Å². The van der Waals surface area contributed by atoms with E-state index in [1.807, 2.05) is 37.3 Å². The second-order valence-corrected chi connectivity index (χ2v) is 7.57. The molecule has 3 rings (SSSR count). The Balaban J connectivity index is 1.37. The number of benzene rings is 2. The summed E-state index contributed by atoms with van der Waals surface area (Å²) in [7, 11) is 0. The summed E-state index contributed by atoms with van der Waals surface area (Å²) < 4.78 is 5.77. The number of nitrogens with one attached hydrogen (secondary N) is 1. The average molecular weight is 367 g/mol. The molecule has 0 spiro atoms.